The highest BCUT2D eigenvalue weighted by atomic mass is 35.5. The van der Waals surface area contributed by atoms with Gasteiger partial charge in [0.05, 0.1) is 10.6 Å². The number of pyridine rings is 1. The van der Waals surface area contributed by atoms with Gasteiger partial charge in [0.15, 0.2) is 11.6 Å². The summed E-state index contributed by atoms with van der Waals surface area (Å²) in [6, 6.07) is 7.55. The van der Waals surface area contributed by atoms with Crippen LogP contribution in [0.5, 0.6) is 11.6 Å². The zero-order valence-corrected chi connectivity index (χ0v) is 9.91. The van der Waals surface area contributed by atoms with Crippen LogP contribution in [0.2, 0.25) is 5.02 Å². The van der Waals surface area contributed by atoms with Gasteiger partial charge in [0, 0.05) is 6.20 Å². The predicted molar refractivity (Wildman–Crippen MR) is 66.7 cm³/mol. The Kier molecular flexibility index (Phi) is 3.43. The van der Waals surface area contributed by atoms with Crippen LogP contribution < -0.4 is 10.5 Å². The number of aromatic nitrogens is 1. The summed E-state index contributed by atoms with van der Waals surface area (Å²) in [5.74, 6) is -0.894. The summed E-state index contributed by atoms with van der Waals surface area (Å²) < 4.78 is 18.9. The van der Waals surface area contributed by atoms with Gasteiger partial charge in [0.25, 0.3) is 0 Å². The van der Waals surface area contributed by atoms with Crippen molar-refractivity contribution in [3.8, 4) is 11.6 Å². The summed E-state index contributed by atoms with van der Waals surface area (Å²) in [4.78, 5) is 3.91. The quantitative estimate of drug-likeness (QED) is 0.662. The molecule has 0 bridgehead atoms. The minimum absolute atomic E-state index is 0.0483. The molecule has 0 amide bonds. The van der Waals surface area contributed by atoms with Crippen molar-refractivity contribution in [2.45, 2.75) is 0 Å². The number of nitrogens with one attached hydrogen (secondary N) is 1. The minimum atomic E-state index is -0.681. The fourth-order valence-electron chi connectivity index (χ4n) is 1.34. The van der Waals surface area contributed by atoms with E-state index in [4.69, 9.17) is 27.5 Å². The average molecular weight is 266 g/mol. The Morgan fingerprint density at radius 3 is 2.83 bits per heavy atom. The number of nitrogens with two attached hydrogens (primary N) is 1. The van der Waals surface area contributed by atoms with Gasteiger partial charge in [-0.3, -0.25) is 5.41 Å². The highest BCUT2D eigenvalue weighted by molar-refractivity contribution is 6.30. The molecule has 2 aromatic rings. The van der Waals surface area contributed by atoms with Crippen molar-refractivity contribution < 1.29 is 9.13 Å². The molecule has 0 aliphatic carbocycles. The lowest BCUT2D eigenvalue weighted by molar-refractivity contribution is 0.427. The normalized spacial score (nSPS) is 10.1. The van der Waals surface area contributed by atoms with Gasteiger partial charge in [-0.15, -0.1) is 0 Å². The molecule has 0 aliphatic rings. The summed E-state index contributed by atoms with van der Waals surface area (Å²) in [7, 11) is 0. The first-order valence-corrected chi connectivity index (χ1v) is 5.38. The van der Waals surface area contributed by atoms with E-state index in [1.165, 1.54) is 18.3 Å². The fourth-order valence-corrected chi connectivity index (χ4v) is 1.51. The van der Waals surface area contributed by atoms with Gasteiger partial charge in [-0.25, -0.2) is 9.37 Å². The highest BCUT2D eigenvalue weighted by Gasteiger charge is 2.13. The van der Waals surface area contributed by atoms with Gasteiger partial charge in [-0.1, -0.05) is 17.7 Å². The Labute approximate surface area is 108 Å². The van der Waals surface area contributed by atoms with Crippen molar-refractivity contribution in [1.29, 1.82) is 5.41 Å². The van der Waals surface area contributed by atoms with Gasteiger partial charge >= 0.3 is 0 Å². The van der Waals surface area contributed by atoms with Crippen molar-refractivity contribution in [2.75, 3.05) is 0 Å². The molecule has 1 aromatic carbocycles. The topological polar surface area (TPSA) is 72.0 Å². The molecule has 6 heteroatoms. The van der Waals surface area contributed by atoms with Crippen molar-refractivity contribution in [2.24, 2.45) is 5.73 Å². The molecule has 0 aliphatic heterocycles. The number of hydrogen-bond acceptors (Lipinski definition) is 3. The van der Waals surface area contributed by atoms with Crippen LogP contribution >= 0.6 is 11.6 Å². The van der Waals surface area contributed by atoms with E-state index in [0.717, 1.165) is 0 Å². The first kappa shape index (κ1) is 12.3. The van der Waals surface area contributed by atoms with Crippen molar-refractivity contribution in [3.05, 3.63) is 52.9 Å². The molecule has 0 spiro atoms. The summed E-state index contributed by atoms with van der Waals surface area (Å²) in [6.07, 6.45) is 1.46. The maximum atomic E-state index is 13.7. The average Bonchev–Trinajstić information content (AvgIpc) is 2.35. The summed E-state index contributed by atoms with van der Waals surface area (Å²) >= 11 is 5.64. The van der Waals surface area contributed by atoms with E-state index in [9.17, 15) is 4.39 Å². The van der Waals surface area contributed by atoms with Crippen LogP contribution in [0, 0.1) is 11.2 Å². The number of nitrogens with zero attached hydrogens (tertiary/aromatic N) is 1. The van der Waals surface area contributed by atoms with Crippen molar-refractivity contribution in [1.82, 2.24) is 4.98 Å². The summed E-state index contributed by atoms with van der Waals surface area (Å²) in [5, 5.41) is 7.33. The zero-order chi connectivity index (χ0) is 13.1. The molecule has 18 heavy (non-hydrogen) atoms. The molecule has 0 atom stereocenters. The molecular formula is C12H9ClFN3O. The Balaban J connectivity index is 2.40. The van der Waals surface area contributed by atoms with Gasteiger partial charge in [-0.05, 0) is 24.3 Å². The van der Waals surface area contributed by atoms with Gasteiger partial charge in [0.2, 0.25) is 5.88 Å². The van der Waals surface area contributed by atoms with Crippen LogP contribution in [0.1, 0.15) is 5.56 Å². The third-order valence-electron chi connectivity index (χ3n) is 2.18. The molecule has 92 valence electrons. The lowest BCUT2D eigenvalue weighted by Crippen LogP contribution is -2.13. The van der Waals surface area contributed by atoms with Crippen molar-refractivity contribution >= 4 is 17.4 Å². The maximum absolute atomic E-state index is 13.7. The molecule has 0 radical (unpaired) electrons. The second kappa shape index (κ2) is 5.01. The highest BCUT2D eigenvalue weighted by Crippen LogP contribution is 2.29. The van der Waals surface area contributed by atoms with Crippen LogP contribution in [0.15, 0.2) is 36.5 Å². The molecule has 0 unspecified atom stereocenters. The number of amidine groups is 1. The van der Waals surface area contributed by atoms with Crippen molar-refractivity contribution in [3.63, 3.8) is 0 Å². The summed E-state index contributed by atoms with van der Waals surface area (Å²) in [6.45, 7) is 0. The predicted octanol–water partition coefficient (Wildman–Crippen LogP) is 2.95. The van der Waals surface area contributed by atoms with Crippen LogP contribution in [0.3, 0.4) is 0 Å². The molecule has 0 saturated heterocycles. The lowest BCUT2D eigenvalue weighted by atomic mass is 10.2. The third-order valence-corrected chi connectivity index (χ3v) is 2.48. The molecule has 4 nitrogen and oxygen atoms in total. The Morgan fingerprint density at radius 1 is 1.33 bits per heavy atom. The maximum Gasteiger partial charge on any atom is 0.230 e. The number of ether oxygens (including phenoxy) is 1. The molecule has 1 heterocycles. The standard InChI is InChI=1S/C12H9ClFN3O/c13-8-4-1-5-9(10(8)14)18-12-7(11(15)16)3-2-6-17-12/h1-6H,(H3,15,16). The fraction of sp³-hybridized carbons (Fsp3) is 0. The van der Waals surface area contributed by atoms with Gasteiger partial charge < -0.3 is 10.5 Å². The first-order valence-electron chi connectivity index (χ1n) is 5.01. The first-order chi connectivity index (χ1) is 8.59. The Morgan fingerprint density at radius 2 is 2.11 bits per heavy atom. The number of nitrogen functional groups attached to an aromatic ring is 1. The molecular weight excluding hydrogens is 257 g/mol. The van der Waals surface area contributed by atoms with E-state index in [1.54, 1.807) is 18.2 Å². The molecule has 3 N–H and O–H groups in total. The van der Waals surface area contributed by atoms with E-state index < -0.39 is 5.82 Å². The van der Waals surface area contributed by atoms with Crippen LogP contribution in [-0.4, -0.2) is 10.8 Å². The van der Waals surface area contributed by atoms with Gasteiger partial charge in [-0.2, -0.15) is 0 Å². The summed E-state index contributed by atoms with van der Waals surface area (Å²) in [5.41, 5.74) is 5.67. The second-order valence-electron chi connectivity index (χ2n) is 3.42. The van der Waals surface area contributed by atoms with E-state index in [-0.39, 0.29) is 28.1 Å². The van der Waals surface area contributed by atoms with E-state index >= 15 is 0 Å². The van der Waals surface area contributed by atoms with E-state index in [0.29, 0.717) is 0 Å². The van der Waals surface area contributed by atoms with Crippen LogP contribution in [0.4, 0.5) is 4.39 Å². The molecule has 0 saturated carbocycles. The largest absolute Gasteiger partial charge is 0.435 e. The monoisotopic (exact) mass is 265 g/mol. The van der Waals surface area contributed by atoms with Crippen LogP contribution in [0.25, 0.3) is 0 Å². The molecule has 1 aromatic heterocycles. The van der Waals surface area contributed by atoms with Gasteiger partial charge in [0.1, 0.15) is 5.84 Å². The number of halogens is 2. The molecule has 0 fully saturated rings. The number of rotatable bonds is 3. The van der Waals surface area contributed by atoms with E-state index in [2.05, 4.69) is 4.98 Å². The Bertz CT molecular complexity index is 604. The zero-order valence-electron chi connectivity index (χ0n) is 9.15. The van der Waals surface area contributed by atoms with E-state index in [1.807, 2.05) is 0 Å². The minimum Gasteiger partial charge on any atom is -0.435 e. The Hall–Kier alpha value is -2.14. The second-order valence-corrected chi connectivity index (χ2v) is 3.83. The molecule has 2 rings (SSSR count). The third kappa shape index (κ3) is 2.41. The number of benzene rings is 1. The SMILES string of the molecule is N=C(N)c1cccnc1Oc1cccc(Cl)c1F. The number of hydrogen-bond donors (Lipinski definition) is 2. The van der Waals surface area contributed by atoms with Crippen LogP contribution in [-0.2, 0) is 0 Å². The smallest absolute Gasteiger partial charge is 0.230 e. The lowest BCUT2D eigenvalue weighted by Gasteiger charge is -2.09.